The van der Waals surface area contributed by atoms with Crippen LogP contribution in [0.3, 0.4) is 0 Å². The van der Waals surface area contributed by atoms with Gasteiger partial charge in [0.05, 0.1) is 12.5 Å². The molecule has 0 bridgehead atoms. The summed E-state index contributed by atoms with van der Waals surface area (Å²) in [6.07, 6.45) is 0.474. The van der Waals surface area contributed by atoms with Crippen molar-refractivity contribution in [2.45, 2.75) is 31.8 Å². The van der Waals surface area contributed by atoms with Gasteiger partial charge in [-0.15, -0.1) is 0 Å². The van der Waals surface area contributed by atoms with E-state index in [0.717, 1.165) is 18.8 Å². The maximum Gasteiger partial charge on any atom is 0.125 e. The lowest BCUT2D eigenvalue weighted by molar-refractivity contribution is 0.324. The van der Waals surface area contributed by atoms with Crippen molar-refractivity contribution in [3.63, 3.8) is 0 Å². The lowest BCUT2D eigenvalue weighted by atomic mass is 9.95. The van der Waals surface area contributed by atoms with Crippen molar-refractivity contribution in [1.29, 1.82) is 5.26 Å². The maximum absolute atomic E-state index is 13.3. The van der Waals surface area contributed by atoms with Crippen LogP contribution in [-0.4, -0.2) is 24.7 Å². The highest BCUT2D eigenvalue weighted by Crippen LogP contribution is 2.27. The number of benzene rings is 1. The Bertz CT molecular complexity index is 464. The summed E-state index contributed by atoms with van der Waals surface area (Å²) in [4.78, 5) is 2.18. The fraction of sp³-hybridized carbons (Fsp3) is 0.500. The van der Waals surface area contributed by atoms with E-state index >= 15 is 0 Å². The van der Waals surface area contributed by atoms with Gasteiger partial charge in [0.25, 0.3) is 0 Å². The van der Waals surface area contributed by atoms with Crippen LogP contribution in [0.2, 0.25) is 0 Å². The van der Waals surface area contributed by atoms with Crippen molar-refractivity contribution in [3.05, 3.63) is 30.1 Å². The minimum atomic E-state index is -0.223. The molecule has 1 aromatic rings. The molecule has 1 saturated heterocycles. The second kappa shape index (κ2) is 4.95. The third-order valence-corrected chi connectivity index (χ3v) is 3.41. The lowest BCUT2D eigenvalue weighted by Gasteiger charge is -2.47. The quantitative estimate of drug-likeness (QED) is 0.871. The summed E-state index contributed by atoms with van der Waals surface area (Å²) in [5.41, 5.74) is 0.796. The van der Waals surface area contributed by atoms with Gasteiger partial charge >= 0.3 is 0 Å². The number of nitrogens with zero attached hydrogens (tertiary/aromatic N) is 2. The Morgan fingerprint density at radius 2 is 2.33 bits per heavy atom. The van der Waals surface area contributed by atoms with E-state index in [-0.39, 0.29) is 17.4 Å². The molecule has 1 unspecified atom stereocenters. The van der Waals surface area contributed by atoms with Crippen LogP contribution in [-0.2, 0) is 0 Å². The van der Waals surface area contributed by atoms with E-state index in [0.29, 0.717) is 6.42 Å². The zero-order chi connectivity index (χ0) is 13.2. The molecule has 1 heterocycles. The molecule has 1 aromatic carbocycles. The molecule has 1 aliphatic heterocycles. The van der Waals surface area contributed by atoms with Gasteiger partial charge in [0.2, 0.25) is 0 Å². The Morgan fingerprint density at radius 3 is 3.00 bits per heavy atom. The molecule has 4 heteroatoms. The summed E-state index contributed by atoms with van der Waals surface area (Å²) in [6, 6.07) is 8.97. The van der Waals surface area contributed by atoms with E-state index in [1.165, 1.54) is 6.07 Å². The van der Waals surface area contributed by atoms with Crippen LogP contribution >= 0.6 is 0 Å². The largest absolute Gasteiger partial charge is 0.363 e. The van der Waals surface area contributed by atoms with E-state index in [2.05, 4.69) is 30.1 Å². The number of hydrogen-bond donors (Lipinski definition) is 1. The number of hydrogen-bond acceptors (Lipinski definition) is 3. The van der Waals surface area contributed by atoms with Crippen LogP contribution in [0.1, 0.15) is 20.3 Å². The molecule has 2 rings (SSSR count). The topological polar surface area (TPSA) is 39.1 Å². The molecule has 96 valence electrons. The van der Waals surface area contributed by atoms with Gasteiger partial charge in [-0.1, -0.05) is 6.07 Å². The molecule has 1 fully saturated rings. The average Bonchev–Trinajstić information content (AvgIpc) is 2.31. The van der Waals surface area contributed by atoms with Gasteiger partial charge in [0.1, 0.15) is 5.82 Å². The van der Waals surface area contributed by atoms with Gasteiger partial charge in [-0.25, -0.2) is 4.39 Å². The van der Waals surface area contributed by atoms with Gasteiger partial charge < -0.3 is 10.2 Å². The van der Waals surface area contributed by atoms with E-state index in [1.807, 2.05) is 6.07 Å². The molecule has 0 radical (unpaired) electrons. The van der Waals surface area contributed by atoms with Gasteiger partial charge in [-0.3, -0.25) is 0 Å². The Balaban J connectivity index is 2.24. The van der Waals surface area contributed by atoms with Gasteiger partial charge in [0.15, 0.2) is 0 Å². The van der Waals surface area contributed by atoms with Crippen LogP contribution in [0.4, 0.5) is 10.1 Å². The fourth-order valence-electron chi connectivity index (χ4n) is 2.37. The van der Waals surface area contributed by atoms with Crippen molar-refractivity contribution in [1.82, 2.24) is 5.32 Å². The van der Waals surface area contributed by atoms with Crippen molar-refractivity contribution in [2.75, 3.05) is 18.0 Å². The molecule has 0 saturated carbocycles. The number of nitrogens with one attached hydrogen (secondary N) is 1. The van der Waals surface area contributed by atoms with Crippen molar-refractivity contribution >= 4 is 5.69 Å². The van der Waals surface area contributed by atoms with Crippen molar-refractivity contribution in [2.24, 2.45) is 0 Å². The summed E-state index contributed by atoms with van der Waals surface area (Å²) in [5.74, 6) is -0.223. The van der Waals surface area contributed by atoms with E-state index < -0.39 is 0 Å². The normalized spacial score (nSPS) is 22.6. The minimum absolute atomic E-state index is 0.0836. The van der Waals surface area contributed by atoms with Gasteiger partial charge in [-0.05, 0) is 32.0 Å². The SMILES string of the molecule is CC1(C)CNC(CC#N)CN1c1cccc(F)c1. The van der Waals surface area contributed by atoms with E-state index in [9.17, 15) is 4.39 Å². The molecular weight excluding hydrogens is 229 g/mol. The highest BCUT2D eigenvalue weighted by molar-refractivity contribution is 5.50. The first kappa shape index (κ1) is 12.8. The van der Waals surface area contributed by atoms with Crippen LogP contribution in [0.25, 0.3) is 0 Å². The molecule has 0 amide bonds. The molecule has 1 N–H and O–H groups in total. The second-order valence-electron chi connectivity index (χ2n) is 5.34. The monoisotopic (exact) mass is 247 g/mol. The summed E-state index contributed by atoms with van der Waals surface area (Å²) in [5, 5.41) is 12.1. The Labute approximate surface area is 107 Å². The molecule has 1 atom stereocenters. The first-order valence-electron chi connectivity index (χ1n) is 6.16. The maximum atomic E-state index is 13.3. The molecule has 3 nitrogen and oxygen atoms in total. The summed E-state index contributed by atoms with van der Waals surface area (Å²) in [6.45, 7) is 5.75. The van der Waals surface area contributed by atoms with Crippen LogP contribution in [0.15, 0.2) is 24.3 Å². The van der Waals surface area contributed by atoms with Crippen molar-refractivity contribution in [3.8, 4) is 6.07 Å². The molecule has 0 aromatic heterocycles. The highest BCUT2D eigenvalue weighted by atomic mass is 19.1. The first-order valence-corrected chi connectivity index (χ1v) is 6.16. The Kier molecular flexibility index (Phi) is 3.53. The van der Waals surface area contributed by atoms with Crippen molar-refractivity contribution < 1.29 is 4.39 Å². The summed E-state index contributed by atoms with van der Waals surface area (Å²) in [7, 11) is 0. The third kappa shape index (κ3) is 2.62. The zero-order valence-electron chi connectivity index (χ0n) is 10.8. The smallest absolute Gasteiger partial charge is 0.125 e. The predicted molar refractivity (Wildman–Crippen MR) is 69.8 cm³/mol. The standard InChI is InChI=1S/C14H18FN3/c1-14(2)10-17-12(6-7-16)9-18(14)13-5-3-4-11(15)8-13/h3-5,8,12,17H,6,9-10H2,1-2H3. The molecule has 18 heavy (non-hydrogen) atoms. The number of nitriles is 1. The predicted octanol–water partition coefficient (Wildman–Crippen LogP) is 2.30. The second-order valence-corrected chi connectivity index (χ2v) is 5.34. The fourth-order valence-corrected chi connectivity index (χ4v) is 2.37. The lowest BCUT2D eigenvalue weighted by Crippen LogP contribution is -2.62. The Morgan fingerprint density at radius 1 is 1.56 bits per heavy atom. The van der Waals surface area contributed by atoms with E-state index in [4.69, 9.17) is 5.26 Å². The highest BCUT2D eigenvalue weighted by Gasteiger charge is 2.33. The van der Waals surface area contributed by atoms with E-state index in [1.54, 1.807) is 12.1 Å². The van der Waals surface area contributed by atoms with Crippen LogP contribution < -0.4 is 10.2 Å². The number of halogens is 1. The molecule has 0 spiro atoms. The van der Waals surface area contributed by atoms with Gasteiger partial charge in [-0.2, -0.15) is 5.26 Å². The van der Waals surface area contributed by atoms with Crippen LogP contribution in [0, 0.1) is 17.1 Å². The number of piperazine rings is 1. The minimum Gasteiger partial charge on any atom is -0.363 e. The third-order valence-electron chi connectivity index (χ3n) is 3.41. The molecule has 0 aliphatic carbocycles. The molecular formula is C14H18FN3. The Hall–Kier alpha value is -1.60. The average molecular weight is 247 g/mol. The van der Waals surface area contributed by atoms with Gasteiger partial charge in [0, 0.05) is 30.4 Å². The number of anilines is 1. The summed E-state index contributed by atoms with van der Waals surface area (Å²) >= 11 is 0. The first-order chi connectivity index (χ1) is 8.53. The zero-order valence-corrected chi connectivity index (χ0v) is 10.8. The summed E-state index contributed by atoms with van der Waals surface area (Å²) < 4.78 is 13.3. The molecule has 1 aliphatic rings. The van der Waals surface area contributed by atoms with Crippen LogP contribution in [0.5, 0.6) is 0 Å². The number of rotatable bonds is 2.